The summed E-state index contributed by atoms with van der Waals surface area (Å²) in [5.41, 5.74) is -0.981. The maximum Gasteiger partial charge on any atom is 0.313 e. The van der Waals surface area contributed by atoms with Crippen molar-refractivity contribution < 1.29 is 24.4 Å². The number of amides is 1. The number of ether oxygens (including phenoxy) is 1. The molecule has 142 valence electrons. The van der Waals surface area contributed by atoms with Crippen LogP contribution in [0.3, 0.4) is 0 Å². The molecule has 3 rings (SSSR count). The Morgan fingerprint density at radius 3 is 2.81 bits per heavy atom. The first-order valence-corrected chi connectivity index (χ1v) is 8.16. The van der Waals surface area contributed by atoms with Crippen molar-refractivity contribution in [3.05, 3.63) is 52.6 Å². The first-order chi connectivity index (χ1) is 12.9. The summed E-state index contributed by atoms with van der Waals surface area (Å²) in [7, 11) is 1.41. The van der Waals surface area contributed by atoms with Gasteiger partial charge in [-0.15, -0.1) is 0 Å². The maximum atomic E-state index is 12.8. The lowest BCUT2D eigenvalue weighted by atomic mass is 9.88. The van der Waals surface area contributed by atoms with Crippen LogP contribution in [0.25, 0.3) is 5.69 Å². The molecule has 1 aliphatic heterocycles. The summed E-state index contributed by atoms with van der Waals surface area (Å²) in [6.45, 7) is 0.226. The Labute approximate surface area is 154 Å². The van der Waals surface area contributed by atoms with Crippen LogP contribution in [0.15, 0.2) is 36.9 Å². The number of imidazole rings is 1. The second-order valence-corrected chi connectivity index (χ2v) is 6.43. The number of carbonyl (C=O) groups is 2. The Kier molecular flexibility index (Phi) is 4.91. The molecule has 10 heteroatoms. The summed E-state index contributed by atoms with van der Waals surface area (Å²) < 4.78 is 6.50. The SMILES string of the molecule is COCC1(C(=O)O)CCN(C(=O)c2ccc(-n3ccnc3)c([N+](=O)[O-])c2)C1. The lowest BCUT2D eigenvalue weighted by Gasteiger charge is -2.23. The van der Waals surface area contributed by atoms with Crippen LogP contribution in [0.5, 0.6) is 0 Å². The first-order valence-electron chi connectivity index (χ1n) is 8.16. The molecule has 0 bridgehead atoms. The van der Waals surface area contributed by atoms with Crippen molar-refractivity contribution in [1.82, 2.24) is 14.5 Å². The number of nitro groups is 1. The number of nitro benzene ring substituents is 1. The summed E-state index contributed by atoms with van der Waals surface area (Å²) in [5.74, 6) is -1.48. The fourth-order valence-electron chi connectivity index (χ4n) is 3.28. The van der Waals surface area contributed by atoms with Crippen LogP contribution in [0, 0.1) is 15.5 Å². The van der Waals surface area contributed by atoms with Crippen molar-refractivity contribution in [1.29, 1.82) is 0 Å². The molecule has 2 heterocycles. The standard InChI is InChI=1S/C17H18N4O6/c1-27-10-17(16(23)24)4-6-19(9-17)15(22)12-2-3-13(14(8-12)21(25)26)20-7-5-18-11-20/h2-3,5,7-8,11H,4,6,9-10H2,1H3,(H,23,24). The van der Waals surface area contributed by atoms with E-state index in [0.29, 0.717) is 0 Å². The van der Waals surface area contributed by atoms with Crippen LogP contribution in [-0.4, -0.2) is 63.2 Å². The molecule has 1 atom stereocenters. The van der Waals surface area contributed by atoms with Gasteiger partial charge < -0.3 is 19.3 Å². The van der Waals surface area contributed by atoms with E-state index in [9.17, 15) is 24.8 Å². The van der Waals surface area contributed by atoms with Crippen LogP contribution in [0.4, 0.5) is 5.69 Å². The number of methoxy groups -OCH3 is 1. The van der Waals surface area contributed by atoms with Gasteiger partial charge in [-0.25, -0.2) is 4.98 Å². The largest absolute Gasteiger partial charge is 0.481 e. The lowest BCUT2D eigenvalue weighted by Crippen LogP contribution is -2.40. The number of carboxylic acid groups (broad SMARTS) is 1. The number of hydrogen-bond donors (Lipinski definition) is 1. The number of rotatable bonds is 6. The van der Waals surface area contributed by atoms with Crippen molar-refractivity contribution in [3.63, 3.8) is 0 Å². The number of benzene rings is 1. The number of carboxylic acids is 1. The second-order valence-electron chi connectivity index (χ2n) is 6.43. The molecule has 0 spiro atoms. The zero-order chi connectivity index (χ0) is 19.6. The predicted molar refractivity (Wildman–Crippen MR) is 92.7 cm³/mol. The molecule has 1 fully saturated rings. The summed E-state index contributed by atoms with van der Waals surface area (Å²) in [5, 5.41) is 21.0. The van der Waals surface area contributed by atoms with E-state index in [0.717, 1.165) is 0 Å². The van der Waals surface area contributed by atoms with Crippen molar-refractivity contribution in [2.75, 3.05) is 26.8 Å². The molecule has 0 saturated carbocycles. The van der Waals surface area contributed by atoms with Crippen molar-refractivity contribution in [3.8, 4) is 5.69 Å². The quantitative estimate of drug-likeness (QED) is 0.597. The molecule has 10 nitrogen and oxygen atoms in total. The Balaban J connectivity index is 1.89. The molecule has 0 aliphatic carbocycles. The van der Waals surface area contributed by atoms with E-state index in [-0.39, 0.29) is 43.1 Å². The summed E-state index contributed by atoms with van der Waals surface area (Å²) >= 11 is 0. The van der Waals surface area contributed by atoms with E-state index >= 15 is 0 Å². The van der Waals surface area contributed by atoms with E-state index in [1.54, 1.807) is 6.20 Å². The molecule has 1 unspecified atom stereocenters. The topological polar surface area (TPSA) is 128 Å². The fraction of sp³-hybridized carbons (Fsp3) is 0.353. The summed E-state index contributed by atoms with van der Waals surface area (Å²) in [4.78, 5) is 40.5. The monoisotopic (exact) mass is 374 g/mol. The third-order valence-electron chi connectivity index (χ3n) is 4.72. The Morgan fingerprint density at radius 1 is 1.44 bits per heavy atom. The van der Waals surface area contributed by atoms with Crippen molar-refractivity contribution in [2.45, 2.75) is 6.42 Å². The highest BCUT2D eigenvalue weighted by Crippen LogP contribution is 2.33. The van der Waals surface area contributed by atoms with Gasteiger partial charge in [0.15, 0.2) is 0 Å². The molecule has 1 aromatic carbocycles. The van der Waals surface area contributed by atoms with E-state index in [4.69, 9.17) is 4.74 Å². The maximum absolute atomic E-state index is 12.8. The summed E-state index contributed by atoms with van der Waals surface area (Å²) in [6, 6.07) is 4.17. The third-order valence-corrected chi connectivity index (χ3v) is 4.72. The fourth-order valence-corrected chi connectivity index (χ4v) is 3.28. The molecule has 1 aromatic heterocycles. The van der Waals surface area contributed by atoms with Crippen LogP contribution in [0.2, 0.25) is 0 Å². The van der Waals surface area contributed by atoms with Gasteiger partial charge in [0, 0.05) is 44.2 Å². The summed E-state index contributed by atoms with van der Waals surface area (Å²) in [6.07, 6.45) is 4.75. The number of likely N-dealkylation sites (tertiary alicyclic amines) is 1. The minimum absolute atomic E-state index is 0.00786. The van der Waals surface area contributed by atoms with Gasteiger partial charge in [-0.05, 0) is 18.6 Å². The highest BCUT2D eigenvalue weighted by molar-refractivity contribution is 5.96. The molecule has 2 aromatic rings. The average Bonchev–Trinajstić information content (AvgIpc) is 3.31. The smallest absolute Gasteiger partial charge is 0.313 e. The first kappa shape index (κ1) is 18.5. The number of carbonyl (C=O) groups excluding carboxylic acids is 1. The van der Waals surface area contributed by atoms with E-state index in [1.807, 2.05) is 0 Å². The van der Waals surface area contributed by atoms with Crippen molar-refractivity contribution >= 4 is 17.6 Å². The average molecular weight is 374 g/mol. The molecular formula is C17H18N4O6. The molecule has 0 radical (unpaired) electrons. The number of aromatic nitrogens is 2. The van der Waals surface area contributed by atoms with Gasteiger partial charge in [-0.3, -0.25) is 19.7 Å². The van der Waals surface area contributed by atoms with E-state index in [1.165, 1.54) is 47.3 Å². The molecule has 1 saturated heterocycles. The zero-order valence-electron chi connectivity index (χ0n) is 14.6. The van der Waals surface area contributed by atoms with Crippen LogP contribution >= 0.6 is 0 Å². The highest BCUT2D eigenvalue weighted by atomic mass is 16.6. The normalized spacial score (nSPS) is 19.2. The predicted octanol–water partition coefficient (Wildman–Crippen LogP) is 1.34. The third kappa shape index (κ3) is 3.38. The Morgan fingerprint density at radius 2 is 2.22 bits per heavy atom. The molecule has 1 amide bonds. The lowest BCUT2D eigenvalue weighted by molar-refractivity contribution is -0.384. The number of nitrogens with zero attached hydrogens (tertiary/aromatic N) is 4. The Bertz CT molecular complexity index is 882. The van der Waals surface area contributed by atoms with Crippen LogP contribution < -0.4 is 0 Å². The van der Waals surface area contributed by atoms with Gasteiger partial charge in [-0.1, -0.05) is 0 Å². The van der Waals surface area contributed by atoms with Gasteiger partial charge >= 0.3 is 5.97 Å². The molecular weight excluding hydrogens is 356 g/mol. The van der Waals surface area contributed by atoms with Gasteiger partial charge in [-0.2, -0.15) is 0 Å². The van der Waals surface area contributed by atoms with Gasteiger partial charge in [0.25, 0.3) is 11.6 Å². The second kappa shape index (κ2) is 7.16. The van der Waals surface area contributed by atoms with Gasteiger partial charge in [0.05, 0.1) is 17.9 Å². The molecule has 1 N–H and O–H groups in total. The highest BCUT2D eigenvalue weighted by Gasteiger charge is 2.46. The van der Waals surface area contributed by atoms with Gasteiger partial charge in [0.2, 0.25) is 0 Å². The van der Waals surface area contributed by atoms with Gasteiger partial charge in [0.1, 0.15) is 11.1 Å². The van der Waals surface area contributed by atoms with E-state index < -0.39 is 22.2 Å². The van der Waals surface area contributed by atoms with Crippen LogP contribution in [0.1, 0.15) is 16.8 Å². The molecule has 27 heavy (non-hydrogen) atoms. The van der Waals surface area contributed by atoms with Crippen molar-refractivity contribution in [2.24, 2.45) is 5.41 Å². The molecule has 1 aliphatic rings. The Hall–Kier alpha value is -3.27. The number of hydrogen-bond acceptors (Lipinski definition) is 6. The van der Waals surface area contributed by atoms with Crippen LogP contribution in [-0.2, 0) is 9.53 Å². The van der Waals surface area contributed by atoms with E-state index in [2.05, 4.69) is 4.98 Å². The zero-order valence-corrected chi connectivity index (χ0v) is 14.6. The minimum Gasteiger partial charge on any atom is -0.481 e. The minimum atomic E-state index is -1.16. The number of aliphatic carboxylic acids is 1.